The highest BCUT2D eigenvalue weighted by atomic mass is 16.6. The van der Waals surface area contributed by atoms with Crippen LogP contribution < -0.4 is 5.32 Å². The first kappa shape index (κ1) is 50.6. The van der Waals surface area contributed by atoms with Crippen molar-refractivity contribution in [2.24, 2.45) is 0 Å². The highest BCUT2D eigenvalue weighted by Crippen LogP contribution is 2.11. The van der Waals surface area contributed by atoms with Crippen molar-refractivity contribution in [2.75, 3.05) is 144 Å². The van der Waals surface area contributed by atoms with Crippen LogP contribution in [0, 0.1) is 0 Å². The van der Waals surface area contributed by atoms with E-state index in [9.17, 15) is 9.59 Å². The van der Waals surface area contributed by atoms with Crippen molar-refractivity contribution in [3.8, 4) is 0 Å². The summed E-state index contributed by atoms with van der Waals surface area (Å²) in [7, 11) is 0. The van der Waals surface area contributed by atoms with E-state index in [0.29, 0.717) is 131 Å². The highest BCUT2D eigenvalue weighted by Gasteiger charge is 2.07. The maximum atomic E-state index is 12.1. The Labute approximate surface area is 330 Å². The van der Waals surface area contributed by atoms with Crippen LogP contribution in [0.15, 0.2) is 24.3 Å². The van der Waals surface area contributed by atoms with E-state index >= 15 is 0 Å². The van der Waals surface area contributed by atoms with Crippen molar-refractivity contribution in [2.45, 2.75) is 78.1 Å². The molecular formula is C41H73NO13. The zero-order chi connectivity index (χ0) is 39.5. The van der Waals surface area contributed by atoms with Crippen LogP contribution in [0.5, 0.6) is 0 Å². The lowest BCUT2D eigenvalue weighted by molar-refractivity contribution is -0.145. The van der Waals surface area contributed by atoms with Gasteiger partial charge in [-0.05, 0) is 37.1 Å². The molecule has 0 bridgehead atoms. The summed E-state index contributed by atoms with van der Waals surface area (Å²) in [6.07, 6.45) is 11.0. The number of hydrogen-bond donors (Lipinski definition) is 1. The topological polar surface area (TPSA) is 148 Å². The van der Waals surface area contributed by atoms with Gasteiger partial charge in [-0.2, -0.15) is 0 Å². The van der Waals surface area contributed by atoms with Gasteiger partial charge in [0.05, 0.1) is 124 Å². The molecule has 0 saturated carbocycles. The molecule has 55 heavy (non-hydrogen) atoms. The van der Waals surface area contributed by atoms with E-state index in [2.05, 4.69) is 19.2 Å². The molecule has 0 aromatic heterocycles. The largest absolute Gasteiger partial charge is 0.463 e. The SMILES string of the molecule is CCCCCCCCCC(=O)OCCOCCOCCOCCOCCOCCOCCOCCOCCOCCOC(=O)c1ccc(NCCCC)cc1. The van der Waals surface area contributed by atoms with Crippen molar-refractivity contribution in [3.05, 3.63) is 29.8 Å². The Kier molecular flexibility index (Phi) is 38.0. The Balaban J connectivity index is 1.69. The molecule has 14 nitrogen and oxygen atoms in total. The first-order chi connectivity index (χ1) is 27.2. The number of esters is 2. The van der Waals surface area contributed by atoms with Gasteiger partial charge in [0.2, 0.25) is 0 Å². The fourth-order valence-electron chi connectivity index (χ4n) is 4.78. The number of anilines is 1. The van der Waals surface area contributed by atoms with Crippen molar-refractivity contribution >= 4 is 17.6 Å². The van der Waals surface area contributed by atoms with E-state index in [1.165, 1.54) is 32.1 Å². The summed E-state index contributed by atoms with van der Waals surface area (Å²) in [5.74, 6) is -0.508. The molecule has 0 atom stereocenters. The van der Waals surface area contributed by atoms with Gasteiger partial charge in [-0.3, -0.25) is 4.79 Å². The maximum Gasteiger partial charge on any atom is 0.338 e. The van der Waals surface area contributed by atoms with Gasteiger partial charge in [-0.15, -0.1) is 0 Å². The summed E-state index contributed by atoms with van der Waals surface area (Å²) in [6.45, 7) is 13.9. The van der Waals surface area contributed by atoms with Gasteiger partial charge < -0.3 is 57.4 Å². The number of carbonyl (C=O) groups excluding carboxylic acids is 2. The van der Waals surface area contributed by atoms with Gasteiger partial charge in [0.15, 0.2) is 0 Å². The van der Waals surface area contributed by atoms with Crippen LogP contribution in [0.1, 0.15) is 88.4 Å². The van der Waals surface area contributed by atoms with Gasteiger partial charge in [0.1, 0.15) is 13.2 Å². The van der Waals surface area contributed by atoms with Gasteiger partial charge in [0, 0.05) is 18.7 Å². The minimum absolute atomic E-state index is 0.145. The fraction of sp³-hybridized carbons (Fsp3) is 0.805. The van der Waals surface area contributed by atoms with E-state index in [1.807, 2.05) is 12.1 Å². The average molecular weight is 788 g/mol. The third-order valence-electron chi connectivity index (χ3n) is 7.89. The third-order valence-corrected chi connectivity index (χ3v) is 7.89. The normalized spacial score (nSPS) is 11.2. The summed E-state index contributed by atoms with van der Waals surface area (Å²) in [6, 6.07) is 7.29. The van der Waals surface area contributed by atoms with E-state index in [-0.39, 0.29) is 25.2 Å². The van der Waals surface area contributed by atoms with Crippen LogP contribution in [-0.4, -0.2) is 151 Å². The van der Waals surface area contributed by atoms with Crippen LogP contribution in [0.2, 0.25) is 0 Å². The minimum Gasteiger partial charge on any atom is -0.463 e. The molecule has 0 aliphatic carbocycles. The number of benzene rings is 1. The van der Waals surface area contributed by atoms with E-state index in [4.69, 9.17) is 52.1 Å². The molecule has 0 heterocycles. The van der Waals surface area contributed by atoms with E-state index < -0.39 is 0 Å². The predicted molar refractivity (Wildman–Crippen MR) is 211 cm³/mol. The summed E-state index contributed by atoms with van der Waals surface area (Å²) in [4.78, 5) is 23.9. The first-order valence-corrected chi connectivity index (χ1v) is 20.5. The molecule has 0 aliphatic rings. The summed E-state index contributed by atoms with van der Waals surface area (Å²) >= 11 is 0. The van der Waals surface area contributed by atoms with Crippen molar-refractivity contribution in [3.63, 3.8) is 0 Å². The van der Waals surface area contributed by atoms with Crippen LogP contribution in [0.25, 0.3) is 0 Å². The minimum atomic E-state index is -0.363. The molecule has 0 unspecified atom stereocenters. The van der Waals surface area contributed by atoms with Gasteiger partial charge >= 0.3 is 11.9 Å². The van der Waals surface area contributed by atoms with Crippen molar-refractivity contribution in [1.29, 1.82) is 0 Å². The second-order valence-electron chi connectivity index (χ2n) is 12.6. The van der Waals surface area contributed by atoms with Crippen LogP contribution in [-0.2, 0) is 56.9 Å². The quantitative estimate of drug-likeness (QED) is 0.0620. The number of hydrogen-bond acceptors (Lipinski definition) is 14. The molecule has 1 aromatic rings. The van der Waals surface area contributed by atoms with E-state index in [0.717, 1.165) is 37.9 Å². The smallest absolute Gasteiger partial charge is 0.338 e. The molecule has 320 valence electrons. The Morgan fingerprint density at radius 1 is 0.418 bits per heavy atom. The number of ether oxygens (including phenoxy) is 11. The first-order valence-electron chi connectivity index (χ1n) is 20.5. The Hall–Kier alpha value is -2.40. The van der Waals surface area contributed by atoms with Crippen molar-refractivity contribution < 1.29 is 61.7 Å². The lowest BCUT2D eigenvalue weighted by Gasteiger charge is -2.09. The molecule has 1 aromatic carbocycles. The molecule has 1 rings (SSSR count). The zero-order valence-corrected chi connectivity index (χ0v) is 34.0. The third kappa shape index (κ3) is 35.7. The molecule has 0 spiro atoms. The molecule has 0 fully saturated rings. The molecule has 0 saturated heterocycles. The Morgan fingerprint density at radius 3 is 1.16 bits per heavy atom. The summed E-state index contributed by atoms with van der Waals surface area (Å²) in [5.41, 5.74) is 1.51. The van der Waals surface area contributed by atoms with Gasteiger partial charge in [-0.1, -0.05) is 58.8 Å². The summed E-state index contributed by atoms with van der Waals surface area (Å²) in [5, 5.41) is 3.32. The number of nitrogens with one attached hydrogen (secondary N) is 1. The molecule has 0 amide bonds. The van der Waals surface area contributed by atoms with Crippen LogP contribution >= 0.6 is 0 Å². The van der Waals surface area contributed by atoms with Gasteiger partial charge in [-0.25, -0.2) is 4.79 Å². The average Bonchev–Trinajstić information content (AvgIpc) is 3.20. The molecule has 14 heteroatoms. The molecule has 0 radical (unpaired) electrons. The van der Waals surface area contributed by atoms with Crippen LogP contribution in [0.3, 0.4) is 0 Å². The molecular weight excluding hydrogens is 714 g/mol. The maximum absolute atomic E-state index is 12.1. The highest BCUT2D eigenvalue weighted by molar-refractivity contribution is 5.89. The lowest BCUT2D eigenvalue weighted by atomic mass is 10.1. The predicted octanol–water partition coefficient (Wildman–Crippen LogP) is 5.89. The number of rotatable bonds is 43. The standard InChI is InChI=1S/C41H73NO13/c1-3-5-7-8-9-10-11-12-40(43)54-36-34-52-32-30-50-28-26-48-24-22-46-20-18-45-19-21-47-23-25-49-27-29-51-31-33-53-35-37-55-41(44)38-13-15-39(16-14-38)42-17-6-4-2/h13-16,42H,3-12,17-37H2,1-2H3. The lowest BCUT2D eigenvalue weighted by Crippen LogP contribution is -2.16. The van der Waals surface area contributed by atoms with Crippen molar-refractivity contribution in [1.82, 2.24) is 0 Å². The van der Waals surface area contributed by atoms with Gasteiger partial charge in [0.25, 0.3) is 0 Å². The van der Waals surface area contributed by atoms with E-state index in [1.54, 1.807) is 12.1 Å². The second kappa shape index (κ2) is 41.2. The molecule has 0 aliphatic heterocycles. The van der Waals surface area contributed by atoms with Crippen LogP contribution in [0.4, 0.5) is 5.69 Å². The number of carbonyl (C=O) groups is 2. The number of unbranched alkanes of at least 4 members (excludes halogenated alkanes) is 7. The Morgan fingerprint density at radius 2 is 0.764 bits per heavy atom. The Bertz CT molecular complexity index is 970. The fourth-order valence-corrected chi connectivity index (χ4v) is 4.78. The summed E-state index contributed by atoms with van der Waals surface area (Å²) < 4.78 is 59.8. The zero-order valence-electron chi connectivity index (χ0n) is 34.0. The monoisotopic (exact) mass is 788 g/mol. The molecule has 1 N–H and O–H groups in total. The second-order valence-corrected chi connectivity index (χ2v) is 12.6.